The van der Waals surface area contributed by atoms with Crippen molar-refractivity contribution in [2.45, 2.75) is 25.2 Å². The van der Waals surface area contributed by atoms with E-state index in [1.54, 1.807) is 12.1 Å². The minimum atomic E-state index is 0.104. The Balaban J connectivity index is 1.95. The Hall–Kier alpha value is -2.09. The van der Waals surface area contributed by atoms with Crippen LogP contribution in [0.15, 0.2) is 16.7 Å². The number of aromatic amines is 1. The Morgan fingerprint density at radius 1 is 1.50 bits per heavy atom. The summed E-state index contributed by atoms with van der Waals surface area (Å²) in [5, 5.41) is 12.7. The topological polar surface area (TPSA) is 78.5 Å². The van der Waals surface area contributed by atoms with E-state index in [1.807, 2.05) is 6.07 Å². The zero-order chi connectivity index (χ0) is 11.2. The number of nitrogens with one attached hydrogen (secondary N) is 1. The van der Waals surface area contributed by atoms with E-state index in [-0.39, 0.29) is 5.41 Å². The number of rotatable bonds is 2. The maximum Gasteiger partial charge on any atom is 0.274 e. The normalized spacial score (nSPS) is 17.0. The first-order valence-electron chi connectivity index (χ1n) is 5.15. The minimum absolute atomic E-state index is 0.104. The van der Waals surface area contributed by atoms with Crippen LogP contribution in [0.2, 0.25) is 0 Å². The van der Waals surface area contributed by atoms with Gasteiger partial charge in [0, 0.05) is 5.41 Å². The SMILES string of the molecule is CC1(c2noc(-c3ccc(C#N)[nH]3)n2)CC1. The van der Waals surface area contributed by atoms with Gasteiger partial charge in [-0.25, -0.2) is 0 Å². The summed E-state index contributed by atoms with van der Waals surface area (Å²) in [5.74, 6) is 1.21. The summed E-state index contributed by atoms with van der Waals surface area (Å²) in [7, 11) is 0. The molecule has 1 aliphatic rings. The van der Waals surface area contributed by atoms with Crippen LogP contribution >= 0.6 is 0 Å². The standard InChI is InChI=1S/C11H10N4O/c1-11(4-5-11)10-14-9(16-15-10)8-3-2-7(6-12)13-8/h2-3,13H,4-5H2,1H3. The summed E-state index contributed by atoms with van der Waals surface area (Å²) in [6.07, 6.45) is 2.22. The largest absolute Gasteiger partial charge is 0.342 e. The predicted molar refractivity (Wildman–Crippen MR) is 55.4 cm³/mol. The van der Waals surface area contributed by atoms with Crippen LogP contribution < -0.4 is 0 Å². The molecule has 0 atom stereocenters. The number of nitrogens with zero attached hydrogens (tertiary/aromatic N) is 3. The van der Waals surface area contributed by atoms with Crippen LogP contribution in [0.3, 0.4) is 0 Å². The average Bonchev–Trinajstić information content (AvgIpc) is 2.80. The lowest BCUT2D eigenvalue weighted by atomic mass is 10.1. The van der Waals surface area contributed by atoms with E-state index >= 15 is 0 Å². The van der Waals surface area contributed by atoms with Gasteiger partial charge in [0.15, 0.2) is 5.82 Å². The lowest BCUT2D eigenvalue weighted by Crippen LogP contribution is -2.01. The molecule has 0 spiro atoms. The molecule has 0 saturated heterocycles. The van der Waals surface area contributed by atoms with E-state index in [9.17, 15) is 0 Å². The minimum Gasteiger partial charge on any atom is -0.342 e. The lowest BCUT2D eigenvalue weighted by Gasteiger charge is -1.96. The molecule has 2 aromatic heterocycles. The van der Waals surface area contributed by atoms with Gasteiger partial charge in [0.2, 0.25) is 0 Å². The van der Waals surface area contributed by atoms with Crippen molar-refractivity contribution in [3.63, 3.8) is 0 Å². The van der Waals surface area contributed by atoms with E-state index in [0.717, 1.165) is 18.7 Å². The quantitative estimate of drug-likeness (QED) is 0.829. The fraction of sp³-hybridized carbons (Fsp3) is 0.364. The molecule has 5 heteroatoms. The Kier molecular flexibility index (Phi) is 1.69. The molecule has 0 aliphatic heterocycles. The van der Waals surface area contributed by atoms with Crippen LogP contribution in [0.1, 0.15) is 31.3 Å². The molecule has 0 bridgehead atoms. The third-order valence-corrected chi connectivity index (χ3v) is 3.00. The van der Waals surface area contributed by atoms with Crippen LogP contribution in [0.5, 0.6) is 0 Å². The van der Waals surface area contributed by atoms with Crippen LogP contribution in [-0.2, 0) is 5.41 Å². The van der Waals surface area contributed by atoms with Gasteiger partial charge in [0.25, 0.3) is 5.89 Å². The van der Waals surface area contributed by atoms with Crippen molar-refractivity contribution < 1.29 is 4.52 Å². The number of nitriles is 1. The molecule has 0 aromatic carbocycles. The molecule has 2 heterocycles. The summed E-state index contributed by atoms with van der Waals surface area (Å²) >= 11 is 0. The number of hydrogen-bond donors (Lipinski definition) is 1. The van der Waals surface area contributed by atoms with Gasteiger partial charge in [0.1, 0.15) is 17.5 Å². The summed E-state index contributed by atoms with van der Waals surface area (Å²) in [6, 6.07) is 5.48. The lowest BCUT2D eigenvalue weighted by molar-refractivity contribution is 0.415. The number of aromatic nitrogens is 3. The predicted octanol–water partition coefficient (Wildman–Crippen LogP) is 1.99. The van der Waals surface area contributed by atoms with E-state index in [4.69, 9.17) is 9.78 Å². The molecule has 1 N–H and O–H groups in total. The van der Waals surface area contributed by atoms with Gasteiger partial charge in [-0.2, -0.15) is 10.2 Å². The van der Waals surface area contributed by atoms with Crippen LogP contribution in [0.25, 0.3) is 11.6 Å². The fourth-order valence-electron chi connectivity index (χ4n) is 1.57. The van der Waals surface area contributed by atoms with Gasteiger partial charge in [-0.15, -0.1) is 0 Å². The van der Waals surface area contributed by atoms with Crippen LogP contribution in [-0.4, -0.2) is 15.1 Å². The Morgan fingerprint density at radius 2 is 2.31 bits per heavy atom. The molecule has 16 heavy (non-hydrogen) atoms. The van der Waals surface area contributed by atoms with Gasteiger partial charge in [-0.1, -0.05) is 12.1 Å². The zero-order valence-electron chi connectivity index (χ0n) is 8.82. The van der Waals surface area contributed by atoms with Crippen molar-refractivity contribution in [1.29, 1.82) is 5.26 Å². The molecular weight excluding hydrogens is 204 g/mol. The van der Waals surface area contributed by atoms with Gasteiger partial charge >= 0.3 is 0 Å². The van der Waals surface area contributed by atoms with Crippen molar-refractivity contribution in [1.82, 2.24) is 15.1 Å². The van der Waals surface area contributed by atoms with Crippen molar-refractivity contribution >= 4 is 0 Å². The first-order valence-corrected chi connectivity index (χ1v) is 5.15. The molecule has 3 rings (SSSR count). The summed E-state index contributed by atoms with van der Waals surface area (Å²) in [5.41, 5.74) is 1.29. The van der Waals surface area contributed by atoms with Crippen molar-refractivity contribution in [3.8, 4) is 17.7 Å². The molecule has 5 nitrogen and oxygen atoms in total. The van der Waals surface area contributed by atoms with E-state index in [2.05, 4.69) is 22.0 Å². The van der Waals surface area contributed by atoms with Gasteiger partial charge in [0.05, 0.1) is 0 Å². The highest BCUT2D eigenvalue weighted by atomic mass is 16.5. The van der Waals surface area contributed by atoms with Crippen molar-refractivity contribution in [2.75, 3.05) is 0 Å². The highest BCUT2D eigenvalue weighted by molar-refractivity contribution is 5.50. The molecule has 0 amide bonds. The van der Waals surface area contributed by atoms with E-state index in [1.165, 1.54) is 0 Å². The van der Waals surface area contributed by atoms with Crippen molar-refractivity contribution in [2.24, 2.45) is 0 Å². The van der Waals surface area contributed by atoms with Gasteiger partial charge < -0.3 is 9.51 Å². The molecule has 2 aromatic rings. The average molecular weight is 214 g/mol. The molecule has 80 valence electrons. The molecule has 0 radical (unpaired) electrons. The second-order valence-electron chi connectivity index (χ2n) is 4.38. The zero-order valence-corrected chi connectivity index (χ0v) is 8.82. The molecular formula is C11H10N4O. The maximum atomic E-state index is 8.69. The smallest absolute Gasteiger partial charge is 0.274 e. The van der Waals surface area contributed by atoms with Crippen LogP contribution in [0.4, 0.5) is 0 Å². The first-order chi connectivity index (χ1) is 7.71. The highest BCUT2D eigenvalue weighted by Crippen LogP contribution is 2.46. The van der Waals surface area contributed by atoms with Crippen molar-refractivity contribution in [3.05, 3.63) is 23.7 Å². The molecule has 1 saturated carbocycles. The maximum absolute atomic E-state index is 8.69. The third kappa shape index (κ3) is 1.31. The Labute approximate surface area is 92.1 Å². The van der Waals surface area contributed by atoms with Gasteiger partial charge in [-0.3, -0.25) is 0 Å². The molecule has 0 unspecified atom stereocenters. The Bertz CT molecular complexity index is 571. The monoisotopic (exact) mass is 214 g/mol. The number of hydrogen-bond acceptors (Lipinski definition) is 4. The van der Waals surface area contributed by atoms with E-state index < -0.39 is 0 Å². The summed E-state index contributed by atoms with van der Waals surface area (Å²) < 4.78 is 5.17. The third-order valence-electron chi connectivity index (χ3n) is 3.00. The second kappa shape index (κ2) is 2.95. The van der Waals surface area contributed by atoms with E-state index in [0.29, 0.717) is 17.3 Å². The number of H-pyrrole nitrogens is 1. The summed E-state index contributed by atoms with van der Waals surface area (Å²) in [6.45, 7) is 2.12. The van der Waals surface area contributed by atoms with Gasteiger partial charge in [-0.05, 0) is 25.0 Å². The second-order valence-corrected chi connectivity index (χ2v) is 4.38. The first kappa shape index (κ1) is 9.16. The summed E-state index contributed by atoms with van der Waals surface area (Å²) in [4.78, 5) is 7.25. The fourth-order valence-corrected chi connectivity index (χ4v) is 1.57. The highest BCUT2D eigenvalue weighted by Gasteiger charge is 2.43. The Morgan fingerprint density at radius 3 is 2.94 bits per heavy atom. The molecule has 1 aliphatic carbocycles. The van der Waals surface area contributed by atoms with Crippen LogP contribution in [0, 0.1) is 11.3 Å². The molecule has 1 fully saturated rings.